The molecule has 0 saturated heterocycles. The van der Waals surface area contributed by atoms with Crippen LogP contribution in [0, 0.1) is 6.92 Å². The molecule has 3 aromatic rings. The molecule has 3 N–H and O–H groups in total. The third-order valence-corrected chi connectivity index (χ3v) is 3.53. The molecule has 0 unspecified atom stereocenters. The van der Waals surface area contributed by atoms with E-state index in [9.17, 15) is 14.7 Å². The predicted molar refractivity (Wildman–Crippen MR) is 89.5 cm³/mol. The van der Waals surface area contributed by atoms with Crippen LogP contribution < -0.4 is 10.9 Å². The van der Waals surface area contributed by atoms with Gasteiger partial charge in [0.15, 0.2) is 0 Å². The molecule has 0 fully saturated rings. The van der Waals surface area contributed by atoms with Crippen LogP contribution in [0.2, 0.25) is 0 Å². The molecule has 0 bridgehead atoms. The number of carbonyl (C=O) groups is 2. The number of hydrazine groups is 1. The lowest BCUT2D eigenvalue weighted by Gasteiger charge is -2.10. The van der Waals surface area contributed by atoms with E-state index in [1.807, 2.05) is 18.2 Å². The molecular formula is C18H15N3O3. The molecule has 0 aliphatic rings. The maximum Gasteiger partial charge on any atom is 0.273 e. The lowest BCUT2D eigenvalue weighted by molar-refractivity contribution is 0.0846. The van der Waals surface area contributed by atoms with Crippen LogP contribution in [0.5, 0.6) is 5.75 Å². The number of aromatic hydroxyl groups is 1. The third-order valence-electron chi connectivity index (χ3n) is 3.53. The van der Waals surface area contributed by atoms with Crippen molar-refractivity contribution in [3.63, 3.8) is 0 Å². The van der Waals surface area contributed by atoms with Crippen molar-refractivity contribution in [3.05, 3.63) is 71.4 Å². The number of benzene rings is 2. The number of pyridine rings is 1. The number of phenols is 1. The van der Waals surface area contributed by atoms with E-state index in [1.54, 1.807) is 31.2 Å². The van der Waals surface area contributed by atoms with Crippen molar-refractivity contribution < 1.29 is 14.7 Å². The minimum Gasteiger partial charge on any atom is -0.507 e. The second-order valence-electron chi connectivity index (χ2n) is 5.25. The van der Waals surface area contributed by atoms with E-state index < -0.39 is 11.8 Å². The highest BCUT2D eigenvalue weighted by Gasteiger charge is 2.14. The van der Waals surface area contributed by atoms with Gasteiger partial charge in [-0.1, -0.05) is 30.3 Å². The first-order chi connectivity index (χ1) is 11.6. The van der Waals surface area contributed by atoms with Gasteiger partial charge in [0.25, 0.3) is 11.8 Å². The number of rotatable bonds is 2. The zero-order valence-corrected chi connectivity index (χ0v) is 12.9. The van der Waals surface area contributed by atoms with E-state index >= 15 is 0 Å². The Morgan fingerprint density at radius 3 is 2.29 bits per heavy atom. The quantitative estimate of drug-likeness (QED) is 0.632. The fourth-order valence-corrected chi connectivity index (χ4v) is 2.41. The molecule has 0 spiro atoms. The average Bonchev–Trinajstić information content (AvgIpc) is 2.59. The van der Waals surface area contributed by atoms with Crippen molar-refractivity contribution in [1.29, 1.82) is 0 Å². The summed E-state index contributed by atoms with van der Waals surface area (Å²) < 4.78 is 0. The lowest BCUT2D eigenvalue weighted by atomic mass is 10.1. The summed E-state index contributed by atoms with van der Waals surface area (Å²) in [7, 11) is 0. The Hall–Kier alpha value is -3.41. The molecule has 0 radical (unpaired) electrons. The molecule has 0 saturated carbocycles. The summed E-state index contributed by atoms with van der Waals surface area (Å²) in [5.41, 5.74) is 6.56. The summed E-state index contributed by atoms with van der Waals surface area (Å²) in [5, 5.41) is 10.4. The second-order valence-corrected chi connectivity index (χ2v) is 5.25. The maximum absolute atomic E-state index is 12.4. The van der Waals surface area contributed by atoms with Gasteiger partial charge in [0.1, 0.15) is 5.75 Å². The van der Waals surface area contributed by atoms with Gasteiger partial charge in [-0.15, -0.1) is 0 Å². The highest BCUT2D eigenvalue weighted by Crippen LogP contribution is 2.18. The van der Waals surface area contributed by atoms with Gasteiger partial charge in [-0.25, -0.2) is 0 Å². The van der Waals surface area contributed by atoms with E-state index in [-0.39, 0.29) is 11.3 Å². The molecule has 2 amide bonds. The first-order valence-corrected chi connectivity index (χ1v) is 7.31. The Bertz CT molecular complexity index is 938. The van der Waals surface area contributed by atoms with E-state index in [1.165, 1.54) is 12.1 Å². The molecule has 1 heterocycles. The molecule has 120 valence electrons. The van der Waals surface area contributed by atoms with Crippen LogP contribution in [-0.4, -0.2) is 21.9 Å². The Balaban J connectivity index is 1.81. The van der Waals surface area contributed by atoms with Gasteiger partial charge in [-0.2, -0.15) is 0 Å². The number of amides is 2. The molecule has 0 atom stereocenters. The lowest BCUT2D eigenvalue weighted by Crippen LogP contribution is -2.41. The summed E-state index contributed by atoms with van der Waals surface area (Å²) in [6, 6.07) is 15.0. The van der Waals surface area contributed by atoms with Gasteiger partial charge < -0.3 is 5.11 Å². The summed E-state index contributed by atoms with van der Waals surface area (Å²) in [5.74, 6) is -1.22. The summed E-state index contributed by atoms with van der Waals surface area (Å²) in [6.45, 7) is 1.80. The Kier molecular flexibility index (Phi) is 4.11. The largest absolute Gasteiger partial charge is 0.507 e. The minimum atomic E-state index is -0.600. The number of carbonyl (C=O) groups excluding carboxylic acids is 2. The highest BCUT2D eigenvalue weighted by atomic mass is 16.3. The normalized spacial score (nSPS) is 10.4. The van der Waals surface area contributed by atoms with Gasteiger partial charge in [0.05, 0.1) is 16.6 Å². The molecule has 6 heteroatoms. The monoisotopic (exact) mass is 321 g/mol. The number of nitrogens with zero attached hydrogens (tertiary/aromatic N) is 1. The van der Waals surface area contributed by atoms with E-state index in [0.717, 1.165) is 0 Å². The zero-order valence-electron chi connectivity index (χ0n) is 12.9. The number of hydrogen-bond acceptors (Lipinski definition) is 4. The Morgan fingerprint density at radius 2 is 1.54 bits per heavy atom. The third kappa shape index (κ3) is 3.03. The average molecular weight is 321 g/mol. The number of aryl methyl sites for hydroxylation is 1. The molecule has 24 heavy (non-hydrogen) atoms. The van der Waals surface area contributed by atoms with Gasteiger partial charge >= 0.3 is 0 Å². The number of nitrogens with one attached hydrogen (secondary N) is 2. The molecule has 0 aliphatic carbocycles. The minimum absolute atomic E-state index is 0.0774. The first kappa shape index (κ1) is 15.5. The van der Waals surface area contributed by atoms with Crippen molar-refractivity contribution in [2.24, 2.45) is 0 Å². The number of para-hydroxylation sites is 2. The van der Waals surface area contributed by atoms with Crippen molar-refractivity contribution in [1.82, 2.24) is 15.8 Å². The summed E-state index contributed by atoms with van der Waals surface area (Å²) in [6.07, 6.45) is 0. The van der Waals surface area contributed by atoms with Crippen LogP contribution in [-0.2, 0) is 0 Å². The topological polar surface area (TPSA) is 91.3 Å². The Morgan fingerprint density at radius 1 is 0.917 bits per heavy atom. The fraction of sp³-hybridized carbons (Fsp3) is 0.0556. The molecule has 1 aromatic heterocycles. The van der Waals surface area contributed by atoms with E-state index in [2.05, 4.69) is 15.8 Å². The number of aromatic nitrogens is 1. The van der Waals surface area contributed by atoms with Gasteiger partial charge in [0, 0.05) is 11.1 Å². The van der Waals surface area contributed by atoms with Crippen LogP contribution in [0.4, 0.5) is 0 Å². The van der Waals surface area contributed by atoms with Gasteiger partial charge in [0.2, 0.25) is 0 Å². The van der Waals surface area contributed by atoms with Crippen LogP contribution in [0.1, 0.15) is 26.4 Å². The van der Waals surface area contributed by atoms with Crippen molar-refractivity contribution in [3.8, 4) is 5.75 Å². The number of hydrogen-bond donors (Lipinski definition) is 3. The van der Waals surface area contributed by atoms with Crippen molar-refractivity contribution in [2.45, 2.75) is 6.92 Å². The first-order valence-electron chi connectivity index (χ1n) is 7.31. The molecule has 6 nitrogen and oxygen atoms in total. The standard InChI is InChI=1S/C18H15N3O3/c1-11-10-14(12-6-2-4-8-15(12)19-11)18(24)21-20-17(23)13-7-3-5-9-16(13)22/h2-10,22H,1H3,(H,20,23)(H,21,24). The van der Waals surface area contributed by atoms with E-state index in [4.69, 9.17) is 0 Å². The molecule has 3 rings (SSSR count). The van der Waals surface area contributed by atoms with Gasteiger partial charge in [-0.05, 0) is 31.2 Å². The second kappa shape index (κ2) is 6.37. The van der Waals surface area contributed by atoms with Gasteiger partial charge in [-0.3, -0.25) is 25.4 Å². The summed E-state index contributed by atoms with van der Waals surface area (Å²) in [4.78, 5) is 28.8. The van der Waals surface area contributed by atoms with E-state index in [0.29, 0.717) is 22.2 Å². The highest BCUT2D eigenvalue weighted by molar-refractivity contribution is 6.07. The summed E-state index contributed by atoms with van der Waals surface area (Å²) >= 11 is 0. The molecular weight excluding hydrogens is 306 g/mol. The van der Waals surface area contributed by atoms with Crippen LogP contribution >= 0.6 is 0 Å². The fourth-order valence-electron chi connectivity index (χ4n) is 2.41. The van der Waals surface area contributed by atoms with Crippen LogP contribution in [0.25, 0.3) is 10.9 Å². The van der Waals surface area contributed by atoms with Crippen molar-refractivity contribution in [2.75, 3.05) is 0 Å². The molecule has 2 aromatic carbocycles. The predicted octanol–water partition coefficient (Wildman–Crippen LogP) is 2.32. The smallest absolute Gasteiger partial charge is 0.273 e. The number of fused-ring (bicyclic) bond motifs is 1. The SMILES string of the molecule is Cc1cc(C(=O)NNC(=O)c2ccccc2O)c2ccccc2n1. The Labute approximate surface area is 138 Å². The number of phenolic OH excluding ortho intramolecular Hbond substituents is 1. The van der Waals surface area contributed by atoms with Crippen LogP contribution in [0.15, 0.2) is 54.6 Å². The maximum atomic E-state index is 12.4. The van der Waals surface area contributed by atoms with Crippen molar-refractivity contribution >= 4 is 22.7 Å². The van der Waals surface area contributed by atoms with Crippen LogP contribution in [0.3, 0.4) is 0 Å². The zero-order chi connectivity index (χ0) is 17.1. The molecule has 0 aliphatic heterocycles.